The van der Waals surface area contributed by atoms with E-state index in [1.807, 2.05) is 0 Å². The Bertz CT molecular complexity index is 386. The van der Waals surface area contributed by atoms with E-state index in [2.05, 4.69) is 0 Å². The fourth-order valence-corrected chi connectivity index (χ4v) is 1.41. The summed E-state index contributed by atoms with van der Waals surface area (Å²) in [6.07, 6.45) is 3.69. The van der Waals surface area contributed by atoms with Gasteiger partial charge >= 0.3 is 0 Å². The van der Waals surface area contributed by atoms with E-state index in [0.717, 1.165) is 5.56 Å². The van der Waals surface area contributed by atoms with E-state index in [1.54, 1.807) is 25.3 Å². The van der Waals surface area contributed by atoms with Crippen LogP contribution in [0.2, 0.25) is 5.02 Å². The van der Waals surface area contributed by atoms with Gasteiger partial charge in [0.2, 0.25) is 0 Å². The van der Waals surface area contributed by atoms with Crippen LogP contribution >= 0.6 is 11.6 Å². The summed E-state index contributed by atoms with van der Waals surface area (Å²) < 4.78 is 10.2. The Labute approximate surface area is 93.3 Å². The third-order valence-corrected chi connectivity index (χ3v) is 2.15. The smallest absolute Gasteiger partial charge is 0.142 e. The molecule has 0 aromatic heterocycles. The highest BCUT2D eigenvalue weighted by Crippen LogP contribution is 2.33. The van der Waals surface area contributed by atoms with Gasteiger partial charge in [0.1, 0.15) is 17.8 Å². The molecule has 0 saturated carbocycles. The SMILES string of the molecule is COc1cc(OC)c(C=CC=O)cc1Cl. The Kier molecular flexibility index (Phi) is 4.18. The predicted molar refractivity (Wildman–Crippen MR) is 59.7 cm³/mol. The summed E-state index contributed by atoms with van der Waals surface area (Å²) in [7, 11) is 3.07. The van der Waals surface area contributed by atoms with Crippen LogP contribution in [0.1, 0.15) is 5.56 Å². The lowest BCUT2D eigenvalue weighted by molar-refractivity contribution is -0.104. The molecule has 1 aromatic rings. The highest BCUT2D eigenvalue weighted by molar-refractivity contribution is 6.32. The third kappa shape index (κ3) is 2.73. The molecule has 0 aliphatic rings. The molecule has 0 bridgehead atoms. The van der Waals surface area contributed by atoms with Crippen LogP contribution in [0.4, 0.5) is 0 Å². The summed E-state index contributed by atoms with van der Waals surface area (Å²) in [4.78, 5) is 10.2. The number of hydrogen-bond donors (Lipinski definition) is 0. The first kappa shape index (κ1) is 11.6. The van der Waals surface area contributed by atoms with Crippen LogP contribution in [0.15, 0.2) is 18.2 Å². The molecule has 0 fully saturated rings. The Hall–Kier alpha value is -1.48. The molecule has 0 aliphatic carbocycles. The zero-order valence-electron chi connectivity index (χ0n) is 8.49. The Balaban J connectivity index is 3.20. The summed E-state index contributed by atoms with van der Waals surface area (Å²) in [5.74, 6) is 1.14. The average molecular weight is 227 g/mol. The maximum Gasteiger partial charge on any atom is 0.142 e. The maximum atomic E-state index is 10.2. The molecule has 0 radical (unpaired) electrons. The average Bonchev–Trinajstić information content (AvgIpc) is 2.26. The number of ether oxygens (including phenoxy) is 2. The van der Waals surface area contributed by atoms with Crippen molar-refractivity contribution in [1.82, 2.24) is 0 Å². The molecule has 0 saturated heterocycles. The molecule has 3 nitrogen and oxygen atoms in total. The number of rotatable bonds is 4. The van der Waals surface area contributed by atoms with Crippen LogP contribution in [0.3, 0.4) is 0 Å². The number of carbonyl (C=O) groups is 1. The molecule has 15 heavy (non-hydrogen) atoms. The zero-order chi connectivity index (χ0) is 11.3. The van der Waals surface area contributed by atoms with Crippen LogP contribution in [0, 0.1) is 0 Å². The number of allylic oxidation sites excluding steroid dienone is 1. The van der Waals surface area contributed by atoms with E-state index in [-0.39, 0.29) is 0 Å². The van der Waals surface area contributed by atoms with Gasteiger partial charge < -0.3 is 9.47 Å². The standard InChI is InChI=1S/C11H11ClO3/c1-14-10-7-11(15-2)9(12)6-8(10)4-3-5-13/h3-7H,1-2H3. The number of methoxy groups -OCH3 is 2. The monoisotopic (exact) mass is 226 g/mol. The second-order valence-electron chi connectivity index (χ2n) is 2.72. The lowest BCUT2D eigenvalue weighted by Crippen LogP contribution is -1.91. The Morgan fingerprint density at radius 1 is 1.20 bits per heavy atom. The largest absolute Gasteiger partial charge is 0.496 e. The second-order valence-corrected chi connectivity index (χ2v) is 3.13. The Morgan fingerprint density at radius 2 is 1.87 bits per heavy atom. The predicted octanol–water partition coefficient (Wildman–Crippen LogP) is 2.57. The molecule has 1 rings (SSSR count). The van der Waals surface area contributed by atoms with Gasteiger partial charge in [0.15, 0.2) is 0 Å². The van der Waals surface area contributed by atoms with Crippen molar-refractivity contribution in [3.8, 4) is 11.5 Å². The van der Waals surface area contributed by atoms with Gasteiger partial charge in [-0.3, -0.25) is 4.79 Å². The van der Waals surface area contributed by atoms with Crippen LogP contribution < -0.4 is 9.47 Å². The minimum atomic E-state index is 0.476. The molecule has 0 unspecified atom stereocenters. The first-order valence-electron chi connectivity index (χ1n) is 4.26. The highest BCUT2D eigenvalue weighted by Gasteiger charge is 2.07. The van der Waals surface area contributed by atoms with E-state index in [4.69, 9.17) is 21.1 Å². The fraction of sp³-hybridized carbons (Fsp3) is 0.182. The van der Waals surface area contributed by atoms with E-state index in [0.29, 0.717) is 22.8 Å². The molecule has 0 aliphatic heterocycles. The van der Waals surface area contributed by atoms with E-state index >= 15 is 0 Å². The molecular weight excluding hydrogens is 216 g/mol. The van der Waals surface area contributed by atoms with Gasteiger partial charge in [0.25, 0.3) is 0 Å². The van der Waals surface area contributed by atoms with Crippen LogP contribution in [-0.4, -0.2) is 20.5 Å². The van der Waals surface area contributed by atoms with Gasteiger partial charge in [-0.25, -0.2) is 0 Å². The first-order valence-corrected chi connectivity index (χ1v) is 4.64. The maximum absolute atomic E-state index is 10.2. The third-order valence-electron chi connectivity index (χ3n) is 1.86. The second kappa shape index (κ2) is 5.41. The van der Waals surface area contributed by atoms with E-state index in [1.165, 1.54) is 13.2 Å². The molecule has 0 spiro atoms. The van der Waals surface area contributed by atoms with Crippen molar-refractivity contribution in [3.05, 3.63) is 28.8 Å². The molecule has 4 heteroatoms. The first-order chi connectivity index (χ1) is 7.22. The minimum absolute atomic E-state index is 0.476. The topological polar surface area (TPSA) is 35.5 Å². The van der Waals surface area contributed by atoms with E-state index < -0.39 is 0 Å². The summed E-state index contributed by atoms with van der Waals surface area (Å²) in [5.41, 5.74) is 0.732. The van der Waals surface area contributed by atoms with Gasteiger partial charge in [-0.2, -0.15) is 0 Å². The normalized spacial score (nSPS) is 10.3. The van der Waals surface area contributed by atoms with Crippen molar-refractivity contribution in [2.75, 3.05) is 14.2 Å². The van der Waals surface area contributed by atoms with Crippen molar-refractivity contribution in [3.63, 3.8) is 0 Å². The molecule has 0 atom stereocenters. The van der Waals surface area contributed by atoms with Gasteiger partial charge in [0.05, 0.1) is 19.2 Å². The van der Waals surface area contributed by atoms with Gasteiger partial charge in [-0.1, -0.05) is 11.6 Å². The highest BCUT2D eigenvalue weighted by atomic mass is 35.5. The van der Waals surface area contributed by atoms with Crippen molar-refractivity contribution in [2.24, 2.45) is 0 Å². The van der Waals surface area contributed by atoms with Gasteiger partial charge in [0, 0.05) is 11.6 Å². The summed E-state index contributed by atoms with van der Waals surface area (Å²) in [6, 6.07) is 3.35. The van der Waals surface area contributed by atoms with Crippen molar-refractivity contribution in [2.45, 2.75) is 0 Å². The zero-order valence-corrected chi connectivity index (χ0v) is 9.25. The van der Waals surface area contributed by atoms with Crippen LogP contribution in [-0.2, 0) is 4.79 Å². The quantitative estimate of drug-likeness (QED) is 0.585. The van der Waals surface area contributed by atoms with Crippen molar-refractivity contribution < 1.29 is 14.3 Å². The number of aldehydes is 1. The number of hydrogen-bond acceptors (Lipinski definition) is 3. The van der Waals surface area contributed by atoms with Gasteiger partial charge in [-0.15, -0.1) is 0 Å². The van der Waals surface area contributed by atoms with E-state index in [9.17, 15) is 4.79 Å². The van der Waals surface area contributed by atoms with Crippen LogP contribution in [0.25, 0.3) is 6.08 Å². The van der Waals surface area contributed by atoms with Gasteiger partial charge in [-0.05, 0) is 18.2 Å². The molecule has 80 valence electrons. The number of benzene rings is 1. The number of carbonyl (C=O) groups excluding carboxylic acids is 1. The Morgan fingerprint density at radius 3 is 2.40 bits per heavy atom. The molecule has 0 heterocycles. The van der Waals surface area contributed by atoms with Crippen molar-refractivity contribution in [1.29, 1.82) is 0 Å². The number of halogens is 1. The minimum Gasteiger partial charge on any atom is -0.496 e. The lowest BCUT2D eigenvalue weighted by Gasteiger charge is -2.09. The summed E-state index contributed by atoms with van der Waals surface area (Å²) >= 11 is 5.93. The lowest BCUT2D eigenvalue weighted by atomic mass is 10.2. The molecule has 0 amide bonds. The molecular formula is C11H11ClO3. The fourth-order valence-electron chi connectivity index (χ4n) is 1.16. The molecule has 1 aromatic carbocycles. The summed E-state index contributed by atoms with van der Waals surface area (Å²) in [6.45, 7) is 0. The van der Waals surface area contributed by atoms with Crippen LogP contribution in [0.5, 0.6) is 11.5 Å². The summed E-state index contributed by atoms with van der Waals surface area (Å²) in [5, 5.41) is 0.476. The molecule has 0 N–H and O–H groups in total. The van der Waals surface area contributed by atoms with Crippen molar-refractivity contribution >= 4 is 24.0 Å².